The van der Waals surface area contributed by atoms with E-state index in [0.29, 0.717) is 39.7 Å². The molecule has 0 fully saturated rings. The van der Waals surface area contributed by atoms with Gasteiger partial charge in [-0.1, -0.05) is 5.16 Å². The van der Waals surface area contributed by atoms with Gasteiger partial charge in [0.1, 0.15) is 16.9 Å². The van der Waals surface area contributed by atoms with Crippen LogP contribution in [0.25, 0.3) is 22.4 Å². The van der Waals surface area contributed by atoms with Crippen LogP contribution in [0.1, 0.15) is 11.5 Å². The van der Waals surface area contributed by atoms with Crippen LogP contribution in [0.2, 0.25) is 0 Å². The molecule has 0 spiro atoms. The summed E-state index contributed by atoms with van der Waals surface area (Å²) in [6.07, 6.45) is 1.44. The highest BCUT2D eigenvalue weighted by Gasteiger charge is 2.14. The Bertz CT molecular complexity index is 1230. The third-order valence-corrected chi connectivity index (χ3v) is 4.40. The fourth-order valence-electron chi connectivity index (χ4n) is 2.88. The number of carbonyl (C=O) groups excluding carboxylic acids is 1. The molecule has 152 valence electrons. The van der Waals surface area contributed by atoms with Crippen LogP contribution in [-0.2, 0) is 0 Å². The molecule has 0 saturated carbocycles. The summed E-state index contributed by atoms with van der Waals surface area (Å²) in [5, 5.41) is 18.9. The third-order valence-electron chi connectivity index (χ3n) is 4.40. The van der Waals surface area contributed by atoms with Gasteiger partial charge in [0, 0.05) is 5.56 Å². The molecular weight excluding hydrogens is 388 g/mol. The quantitative estimate of drug-likeness (QED) is 0.467. The number of amides is 2. The first kappa shape index (κ1) is 19.1. The van der Waals surface area contributed by atoms with E-state index in [2.05, 4.69) is 30.7 Å². The van der Waals surface area contributed by atoms with Crippen LogP contribution in [0, 0.1) is 13.8 Å². The summed E-state index contributed by atoms with van der Waals surface area (Å²) in [4.78, 5) is 25.5. The fourth-order valence-corrected chi connectivity index (χ4v) is 2.88. The number of urea groups is 1. The van der Waals surface area contributed by atoms with Crippen molar-refractivity contribution in [1.29, 1.82) is 0 Å². The lowest BCUT2D eigenvalue weighted by Crippen LogP contribution is -2.21. The van der Waals surface area contributed by atoms with E-state index in [4.69, 9.17) is 9.26 Å². The van der Waals surface area contributed by atoms with E-state index in [9.17, 15) is 9.90 Å². The molecule has 0 aliphatic carbocycles. The van der Waals surface area contributed by atoms with Gasteiger partial charge in [-0.2, -0.15) is 0 Å². The molecule has 2 amide bonds. The summed E-state index contributed by atoms with van der Waals surface area (Å²) in [5.41, 5.74) is 3.36. The highest BCUT2D eigenvalue weighted by atomic mass is 16.5. The van der Waals surface area contributed by atoms with E-state index in [1.54, 1.807) is 38.1 Å². The second-order valence-corrected chi connectivity index (χ2v) is 6.46. The van der Waals surface area contributed by atoms with Crippen molar-refractivity contribution in [2.45, 2.75) is 13.8 Å². The Morgan fingerprint density at radius 3 is 2.70 bits per heavy atom. The number of aryl methyl sites for hydroxylation is 2. The minimum atomic E-state index is -0.502. The first-order chi connectivity index (χ1) is 14.4. The molecule has 3 heterocycles. The van der Waals surface area contributed by atoms with Crippen LogP contribution < -0.4 is 15.4 Å². The summed E-state index contributed by atoms with van der Waals surface area (Å²) in [5.74, 6) is 1.12. The monoisotopic (exact) mass is 406 g/mol. The van der Waals surface area contributed by atoms with Gasteiger partial charge in [-0.15, -0.1) is 0 Å². The number of hydrogen-bond acceptors (Lipinski definition) is 8. The summed E-state index contributed by atoms with van der Waals surface area (Å²) in [6, 6.07) is 7.99. The number of benzene rings is 1. The van der Waals surface area contributed by atoms with Crippen molar-refractivity contribution in [2.75, 3.05) is 17.7 Å². The predicted molar refractivity (Wildman–Crippen MR) is 110 cm³/mol. The number of pyridine rings is 1. The van der Waals surface area contributed by atoms with Crippen molar-refractivity contribution in [1.82, 2.24) is 20.1 Å². The highest BCUT2D eigenvalue weighted by molar-refractivity contribution is 6.00. The summed E-state index contributed by atoms with van der Waals surface area (Å²) < 4.78 is 10.2. The molecule has 0 atom stereocenters. The van der Waals surface area contributed by atoms with Crippen molar-refractivity contribution in [3.05, 3.63) is 48.0 Å². The summed E-state index contributed by atoms with van der Waals surface area (Å²) in [6.45, 7) is 3.43. The average Bonchev–Trinajstić information content (AvgIpc) is 3.05. The zero-order valence-electron chi connectivity index (χ0n) is 16.4. The van der Waals surface area contributed by atoms with Crippen molar-refractivity contribution < 1.29 is 19.2 Å². The number of methoxy groups -OCH3 is 1. The lowest BCUT2D eigenvalue weighted by molar-refractivity contribution is 0.262. The van der Waals surface area contributed by atoms with Crippen LogP contribution in [0.4, 0.5) is 16.3 Å². The molecule has 0 aliphatic heterocycles. The smallest absolute Gasteiger partial charge is 0.325 e. The summed E-state index contributed by atoms with van der Waals surface area (Å²) >= 11 is 0. The average molecular weight is 406 g/mol. The van der Waals surface area contributed by atoms with Gasteiger partial charge < -0.3 is 19.7 Å². The van der Waals surface area contributed by atoms with E-state index in [-0.39, 0.29) is 11.6 Å². The summed E-state index contributed by atoms with van der Waals surface area (Å²) in [7, 11) is 1.48. The van der Waals surface area contributed by atoms with Gasteiger partial charge in [0.05, 0.1) is 19.0 Å². The second kappa shape index (κ2) is 7.66. The molecule has 0 saturated heterocycles. The molecular formula is C20H18N6O4. The molecule has 0 aliphatic rings. The number of phenols is 1. The Morgan fingerprint density at radius 1 is 1.13 bits per heavy atom. The minimum Gasteiger partial charge on any atom is -0.504 e. The number of aromatic hydroxyl groups is 1. The van der Waals surface area contributed by atoms with Crippen molar-refractivity contribution in [3.8, 4) is 22.8 Å². The Morgan fingerprint density at radius 2 is 1.97 bits per heavy atom. The molecule has 0 radical (unpaired) electrons. The number of aromatic nitrogens is 4. The van der Waals surface area contributed by atoms with Crippen molar-refractivity contribution in [2.24, 2.45) is 0 Å². The number of ether oxygens (including phenoxy) is 1. The molecule has 4 rings (SSSR count). The SMILES string of the molecule is COc1cc(-c2ccc3ncc(NC(=O)Nc4c(C)noc4C)nc3n2)ccc1O. The van der Waals surface area contributed by atoms with Crippen molar-refractivity contribution in [3.63, 3.8) is 0 Å². The molecule has 0 unspecified atom stereocenters. The maximum absolute atomic E-state index is 12.3. The number of fused-ring (bicyclic) bond motifs is 1. The zero-order chi connectivity index (χ0) is 21.3. The predicted octanol–water partition coefficient (Wildman–Crippen LogP) is 3.65. The molecule has 0 bridgehead atoms. The molecule has 10 nitrogen and oxygen atoms in total. The Kier molecular flexibility index (Phi) is 4.88. The van der Waals surface area contributed by atoms with E-state index < -0.39 is 6.03 Å². The van der Waals surface area contributed by atoms with Crippen molar-refractivity contribution >= 4 is 28.7 Å². The lowest BCUT2D eigenvalue weighted by atomic mass is 10.1. The maximum Gasteiger partial charge on any atom is 0.325 e. The number of anilines is 2. The molecule has 3 aromatic heterocycles. The maximum atomic E-state index is 12.3. The van der Waals surface area contributed by atoms with Crippen LogP contribution in [-0.4, -0.2) is 38.4 Å². The lowest BCUT2D eigenvalue weighted by Gasteiger charge is -2.08. The second-order valence-electron chi connectivity index (χ2n) is 6.46. The molecule has 10 heteroatoms. The van der Waals surface area contributed by atoms with Crippen LogP contribution in [0.15, 0.2) is 41.1 Å². The van der Waals surface area contributed by atoms with Gasteiger partial charge in [-0.05, 0) is 44.2 Å². The number of nitrogens with one attached hydrogen (secondary N) is 2. The first-order valence-electron chi connectivity index (χ1n) is 8.96. The Labute approximate surface area is 170 Å². The van der Waals surface area contributed by atoms with Gasteiger partial charge in [-0.25, -0.2) is 19.7 Å². The third kappa shape index (κ3) is 3.70. The fraction of sp³-hybridized carbons (Fsp3) is 0.150. The minimum absolute atomic E-state index is 0.0395. The highest BCUT2D eigenvalue weighted by Crippen LogP contribution is 2.31. The number of carbonyl (C=O) groups is 1. The number of rotatable bonds is 4. The number of nitrogens with zero attached hydrogens (tertiary/aromatic N) is 4. The molecule has 3 N–H and O–H groups in total. The van der Waals surface area contributed by atoms with Crippen LogP contribution in [0.3, 0.4) is 0 Å². The van der Waals surface area contributed by atoms with Gasteiger partial charge >= 0.3 is 6.03 Å². The molecule has 4 aromatic rings. The normalized spacial score (nSPS) is 10.8. The molecule has 1 aromatic carbocycles. The number of phenolic OH excluding ortho intramolecular Hbond substituents is 1. The standard InChI is InChI=1S/C20H18N6O4/c1-10-18(11(2)30-26-10)25-20(28)24-17-9-21-14-6-5-13(22-19(14)23-17)12-4-7-15(27)16(8-12)29-3/h4-9,27H,1-3H3,(H2,22,23,24,25,28). The molecule has 30 heavy (non-hydrogen) atoms. The zero-order valence-corrected chi connectivity index (χ0v) is 16.4. The van der Waals surface area contributed by atoms with E-state index in [0.717, 1.165) is 5.56 Å². The number of hydrogen-bond donors (Lipinski definition) is 3. The van der Waals surface area contributed by atoms with Crippen LogP contribution >= 0.6 is 0 Å². The van der Waals surface area contributed by atoms with Gasteiger partial charge in [0.25, 0.3) is 0 Å². The van der Waals surface area contributed by atoms with E-state index in [1.165, 1.54) is 19.4 Å². The van der Waals surface area contributed by atoms with E-state index in [1.807, 2.05) is 0 Å². The van der Waals surface area contributed by atoms with E-state index >= 15 is 0 Å². The first-order valence-corrected chi connectivity index (χ1v) is 8.96. The Balaban J connectivity index is 1.59. The van der Waals surface area contributed by atoms with Crippen LogP contribution in [0.5, 0.6) is 11.5 Å². The topological polar surface area (TPSA) is 135 Å². The van der Waals surface area contributed by atoms with Gasteiger partial charge in [0.2, 0.25) is 0 Å². The van der Waals surface area contributed by atoms with Gasteiger partial charge in [-0.3, -0.25) is 5.32 Å². The largest absolute Gasteiger partial charge is 0.504 e. The Hall–Kier alpha value is -4.21. The van der Waals surface area contributed by atoms with Gasteiger partial charge in [0.15, 0.2) is 28.7 Å².